The molecule has 1 aromatic carbocycles. The maximum Gasteiger partial charge on any atom is 0.480 e. The van der Waals surface area contributed by atoms with Gasteiger partial charge in [0.1, 0.15) is 0 Å². The van der Waals surface area contributed by atoms with E-state index in [1.807, 2.05) is 6.07 Å². The summed E-state index contributed by atoms with van der Waals surface area (Å²) in [4.78, 5) is 0. The normalized spacial score (nSPS) is 7.45. The van der Waals surface area contributed by atoms with E-state index in [1.165, 1.54) is 0 Å². The molecule has 0 spiro atoms. The predicted octanol–water partition coefficient (Wildman–Crippen LogP) is -0.0593. The predicted molar refractivity (Wildman–Crippen MR) is 46.0 cm³/mol. The van der Waals surface area contributed by atoms with Crippen LogP contribution in [0.15, 0.2) is 30.3 Å². The lowest BCUT2D eigenvalue weighted by Crippen LogP contribution is -2.17. The summed E-state index contributed by atoms with van der Waals surface area (Å²) < 4.78 is 12.2. The fourth-order valence-corrected chi connectivity index (χ4v) is 0.744. The number of hydrogen-bond acceptors (Lipinski definition) is 0. The van der Waals surface area contributed by atoms with E-state index in [0.717, 1.165) is 0 Å². The van der Waals surface area contributed by atoms with Crippen LogP contribution in [0, 0.1) is 0 Å². The van der Waals surface area contributed by atoms with Crippen LogP contribution < -0.4 is 5.46 Å². The number of hydrogen-bond donors (Lipinski definition) is 0. The second kappa shape index (κ2) is 6.16. The Labute approximate surface area is 69.6 Å². The third-order valence-electron chi connectivity index (χ3n) is 1.05. The molecule has 0 amide bonds. The van der Waals surface area contributed by atoms with Crippen molar-refractivity contribution in [1.29, 1.82) is 0 Å². The summed E-state index contributed by atoms with van der Waals surface area (Å²) in [6.45, 7) is 0. The van der Waals surface area contributed by atoms with Crippen molar-refractivity contribution < 1.29 is 15.3 Å². The molecular weight excluding hydrogens is 169 g/mol. The minimum absolute atomic E-state index is 0. The minimum Gasteiger partial charge on any atom is -0.412 e. The van der Waals surface area contributed by atoms with Gasteiger partial charge in [-0.15, -0.1) is 11.5 Å². The standard InChI is InChI=1S/C6H5BClF.2H2O/c8-7(9)6-4-2-1-3-5-6;;/h1-5H;2*1H2. The van der Waals surface area contributed by atoms with Gasteiger partial charge < -0.3 is 15.3 Å². The molecular formula is C6H9BClFO2. The van der Waals surface area contributed by atoms with E-state index in [1.54, 1.807) is 24.3 Å². The molecule has 0 fully saturated rings. The van der Waals surface area contributed by atoms with Crippen molar-refractivity contribution in [2.75, 3.05) is 0 Å². The zero-order valence-corrected chi connectivity index (χ0v) is 6.48. The van der Waals surface area contributed by atoms with E-state index < -0.39 is 6.41 Å². The molecule has 0 aliphatic carbocycles. The Morgan fingerprint density at radius 1 is 1.09 bits per heavy atom. The Morgan fingerprint density at radius 2 is 1.55 bits per heavy atom. The van der Waals surface area contributed by atoms with Gasteiger partial charge in [-0.05, 0) is 5.46 Å². The summed E-state index contributed by atoms with van der Waals surface area (Å²) in [7, 11) is 0. The van der Waals surface area contributed by atoms with Gasteiger partial charge in [-0.3, -0.25) is 0 Å². The van der Waals surface area contributed by atoms with Gasteiger partial charge in [-0.25, -0.2) is 0 Å². The average molecular weight is 178 g/mol. The highest BCUT2D eigenvalue weighted by molar-refractivity contribution is 7.10. The van der Waals surface area contributed by atoms with E-state index in [0.29, 0.717) is 5.46 Å². The Kier molecular flexibility index (Phi) is 7.30. The molecule has 0 saturated carbocycles. The first-order valence-electron chi connectivity index (χ1n) is 2.64. The van der Waals surface area contributed by atoms with Gasteiger partial charge in [0.15, 0.2) is 0 Å². The molecule has 0 aliphatic rings. The Bertz CT molecular complexity index is 183. The van der Waals surface area contributed by atoms with Crippen LogP contribution in [-0.4, -0.2) is 17.4 Å². The van der Waals surface area contributed by atoms with Crippen molar-refractivity contribution in [3.05, 3.63) is 30.3 Å². The fourth-order valence-electron chi connectivity index (χ4n) is 0.599. The van der Waals surface area contributed by atoms with Crippen molar-refractivity contribution in [2.45, 2.75) is 0 Å². The van der Waals surface area contributed by atoms with Crippen LogP contribution in [0.1, 0.15) is 0 Å². The van der Waals surface area contributed by atoms with E-state index in [4.69, 9.17) is 11.5 Å². The van der Waals surface area contributed by atoms with E-state index >= 15 is 0 Å². The molecule has 0 bridgehead atoms. The third kappa shape index (κ3) is 3.98. The first kappa shape index (κ1) is 13.0. The van der Waals surface area contributed by atoms with Crippen molar-refractivity contribution in [3.63, 3.8) is 0 Å². The summed E-state index contributed by atoms with van der Waals surface area (Å²) in [6.07, 6.45) is -1.37. The molecule has 0 aromatic heterocycles. The number of halogens is 2. The van der Waals surface area contributed by atoms with E-state index in [2.05, 4.69) is 0 Å². The van der Waals surface area contributed by atoms with Crippen molar-refractivity contribution in [3.8, 4) is 0 Å². The van der Waals surface area contributed by atoms with Crippen LogP contribution in [0.3, 0.4) is 0 Å². The molecule has 62 valence electrons. The van der Waals surface area contributed by atoms with E-state index in [-0.39, 0.29) is 11.0 Å². The highest BCUT2D eigenvalue weighted by atomic mass is 35.5. The molecule has 0 radical (unpaired) electrons. The van der Waals surface area contributed by atoms with Gasteiger partial charge in [0.2, 0.25) is 0 Å². The molecule has 5 heteroatoms. The van der Waals surface area contributed by atoms with Gasteiger partial charge in [0.25, 0.3) is 0 Å². The average Bonchev–Trinajstić information content (AvgIpc) is 1.90. The SMILES string of the molecule is FB(Cl)c1ccccc1.O.O. The molecule has 2 nitrogen and oxygen atoms in total. The van der Waals surface area contributed by atoms with Crippen LogP contribution >= 0.6 is 11.5 Å². The smallest absolute Gasteiger partial charge is 0.412 e. The van der Waals surface area contributed by atoms with Gasteiger partial charge >= 0.3 is 6.41 Å². The molecule has 1 rings (SSSR count). The zero-order chi connectivity index (χ0) is 6.69. The lowest BCUT2D eigenvalue weighted by atomic mass is 9.90. The maximum atomic E-state index is 12.2. The summed E-state index contributed by atoms with van der Waals surface area (Å²) >= 11 is 5.14. The molecule has 11 heavy (non-hydrogen) atoms. The summed E-state index contributed by atoms with van der Waals surface area (Å²) in [5.41, 5.74) is 0.513. The van der Waals surface area contributed by atoms with Crippen molar-refractivity contribution in [2.24, 2.45) is 0 Å². The zero-order valence-electron chi connectivity index (χ0n) is 5.72. The fraction of sp³-hybridized carbons (Fsp3) is 0. The van der Waals surface area contributed by atoms with Crippen LogP contribution in [-0.2, 0) is 0 Å². The quantitative estimate of drug-likeness (QED) is 0.541. The molecule has 0 atom stereocenters. The molecule has 0 unspecified atom stereocenters. The van der Waals surface area contributed by atoms with Gasteiger partial charge in [0, 0.05) is 0 Å². The van der Waals surface area contributed by atoms with Gasteiger partial charge in [-0.1, -0.05) is 30.3 Å². The Hall–Kier alpha value is -0.575. The molecule has 0 aliphatic heterocycles. The van der Waals surface area contributed by atoms with Gasteiger partial charge in [0.05, 0.1) is 0 Å². The first-order chi connectivity index (χ1) is 4.30. The van der Waals surface area contributed by atoms with Crippen molar-refractivity contribution >= 4 is 23.3 Å². The summed E-state index contributed by atoms with van der Waals surface area (Å²) in [5.74, 6) is 0. The van der Waals surface area contributed by atoms with Gasteiger partial charge in [-0.2, -0.15) is 0 Å². The topological polar surface area (TPSA) is 63.0 Å². The Balaban J connectivity index is 0. The van der Waals surface area contributed by atoms with Crippen molar-refractivity contribution in [1.82, 2.24) is 0 Å². The second-order valence-electron chi connectivity index (χ2n) is 1.71. The Morgan fingerprint density at radius 3 is 1.82 bits per heavy atom. The number of rotatable bonds is 1. The monoisotopic (exact) mass is 178 g/mol. The highest BCUT2D eigenvalue weighted by Crippen LogP contribution is 1.92. The van der Waals surface area contributed by atoms with Crippen LogP contribution in [0.4, 0.5) is 4.32 Å². The van der Waals surface area contributed by atoms with E-state index in [9.17, 15) is 4.32 Å². The van der Waals surface area contributed by atoms with Crippen LogP contribution in [0.5, 0.6) is 0 Å². The molecule has 0 saturated heterocycles. The summed E-state index contributed by atoms with van der Waals surface area (Å²) in [6, 6.07) is 8.63. The third-order valence-corrected chi connectivity index (χ3v) is 1.30. The van der Waals surface area contributed by atoms with Crippen LogP contribution in [0.25, 0.3) is 0 Å². The molecule has 0 heterocycles. The minimum atomic E-state index is -1.37. The van der Waals surface area contributed by atoms with Crippen LogP contribution in [0.2, 0.25) is 0 Å². The molecule has 1 aromatic rings. The number of benzene rings is 1. The maximum absolute atomic E-state index is 12.2. The highest BCUT2D eigenvalue weighted by Gasteiger charge is 2.09. The largest absolute Gasteiger partial charge is 0.480 e. The second-order valence-corrected chi connectivity index (χ2v) is 2.09. The lowest BCUT2D eigenvalue weighted by molar-refractivity contribution is 0.823. The summed E-state index contributed by atoms with van der Waals surface area (Å²) in [5, 5.41) is 0. The first-order valence-corrected chi connectivity index (χ1v) is 3.07. The molecule has 4 N–H and O–H groups in total. The lowest BCUT2D eigenvalue weighted by Gasteiger charge is -1.91.